The van der Waals surface area contributed by atoms with E-state index in [0.29, 0.717) is 6.42 Å². The van der Waals surface area contributed by atoms with Crippen molar-refractivity contribution in [1.29, 1.82) is 0 Å². The van der Waals surface area contributed by atoms with Crippen LogP contribution in [0.4, 0.5) is 0 Å². The molecule has 0 radical (unpaired) electrons. The van der Waals surface area contributed by atoms with E-state index in [9.17, 15) is 9.59 Å². The van der Waals surface area contributed by atoms with Gasteiger partial charge in [-0.1, -0.05) is 18.2 Å². The lowest BCUT2D eigenvalue weighted by atomic mass is 10.1. The van der Waals surface area contributed by atoms with E-state index in [-0.39, 0.29) is 0 Å². The van der Waals surface area contributed by atoms with Crippen LogP contribution in [0.2, 0.25) is 0 Å². The van der Waals surface area contributed by atoms with Gasteiger partial charge in [0, 0.05) is 23.5 Å². The number of para-hydroxylation sites is 1. The number of carboxylic acids is 2. The summed E-state index contributed by atoms with van der Waals surface area (Å²) < 4.78 is 0. The zero-order valence-corrected chi connectivity index (χ0v) is 11.8. The number of fused-ring (bicyclic) bond motifs is 1. The van der Waals surface area contributed by atoms with Crippen molar-refractivity contribution < 1.29 is 24.9 Å². The van der Waals surface area contributed by atoms with Crippen molar-refractivity contribution >= 4 is 22.8 Å². The fourth-order valence-corrected chi connectivity index (χ4v) is 1.70. The van der Waals surface area contributed by atoms with Crippen LogP contribution in [0.5, 0.6) is 0 Å². The number of aliphatic carboxylic acids is 2. The molecular formula is C14H19N3O5. The first-order valence-electron chi connectivity index (χ1n) is 6.49. The highest BCUT2D eigenvalue weighted by molar-refractivity contribution is 5.84. The minimum Gasteiger partial charge on any atom is -0.480 e. The van der Waals surface area contributed by atoms with Crippen LogP contribution in [0.1, 0.15) is 5.56 Å². The first-order chi connectivity index (χ1) is 10.4. The molecular weight excluding hydrogens is 290 g/mol. The normalized spacial score (nSPS) is 13.0. The zero-order valence-electron chi connectivity index (χ0n) is 11.8. The summed E-state index contributed by atoms with van der Waals surface area (Å²) >= 11 is 0. The predicted octanol–water partition coefficient (Wildman–Crippen LogP) is -0.487. The predicted molar refractivity (Wildman–Crippen MR) is 80.3 cm³/mol. The van der Waals surface area contributed by atoms with E-state index in [0.717, 1.165) is 16.5 Å². The monoisotopic (exact) mass is 309 g/mol. The number of hydrogen-bond donors (Lipinski definition) is 6. The molecule has 0 saturated carbocycles. The summed E-state index contributed by atoms with van der Waals surface area (Å²) in [6.45, 7) is -0.505. The van der Waals surface area contributed by atoms with Crippen molar-refractivity contribution in [1.82, 2.24) is 4.98 Å². The number of hydrogen-bond acceptors (Lipinski definition) is 5. The van der Waals surface area contributed by atoms with Gasteiger partial charge in [-0.05, 0) is 11.6 Å². The van der Waals surface area contributed by atoms with Crippen LogP contribution < -0.4 is 11.5 Å². The molecule has 0 aliphatic heterocycles. The molecule has 2 aromatic rings. The Morgan fingerprint density at radius 3 is 2.18 bits per heavy atom. The molecule has 0 amide bonds. The maximum atomic E-state index is 10.6. The minimum absolute atomic E-state index is 0.347. The Morgan fingerprint density at radius 2 is 1.68 bits per heavy atom. The van der Waals surface area contributed by atoms with Gasteiger partial charge >= 0.3 is 11.9 Å². The van der Waals surface area contributed by atoms with Crippen molar-refractivity contribution in [3.05, 3.63) is 36.0 Å². The van der Waals surface area contributed by atoms with E-state index in [1.807, 2.05) is 30.5 Å². The van der Waals surface area contributed by atoms with Gasteiger partial charge in [-0.3, -0.25) is 9.59 Å². The van der Waals surface area contributed by atoms with Crippen molar-refractivity contribution in [3.8, 4) is 0 Å². The van der Waals surface area contributed by atoms with E-state index in [4.69, 9.17) is 26.8 Å². The molecule has 0 fully saturated rings. The molecule has 120 valence electrons. The van der Waals surface area contributed by atoms with Crippen LogP contribution in [-0.4, -0.2) is 50.9 Å². The van der Waals surface area contributed by atoms with Gasteiger partial charge in [0.25, 0.3) is 0 Å². The standard InChI is InChI=1S/C11H12N2O2.C3H7NO3/c12-9(11(14)15)5-7-6-13-10-4-2-1-3-8(7)10;4-2(1-5)3(6)7/h1-4,6,9,13H,5,12H2,(H,14,15);2,5H,1,4H2,(H,6,7). The highest BCUT2D eigenvalue weighted by Gasteiger charge is 2.14. The molecule has 8 heteroatoms. The van der Waals surface area contributed by atoms with E-state index in [2.05, 4.69) is 4.98 Å². The first-order valence-corrected chi connectivity index (χ1v) is 6.49. The van der Waals surface area contributed by atoms with Crippen LogP contribution in [0.15, 0.2) is 30.5 Å². The topological polar surface area (TPSA) is 163 Å². The molecule has 2 unspecified atom stereocenters. The maximum absolute atomic E-state index is 10.6. The summed E-state index contributed by atoms with van der Waals surface area (Å²) in [7, 11) is 0. The molecule has 0 aliphatic rings. The number of benzene rings is 1. The number of aliphatic hydroxyl groups excluding tert-OH is 1. The number of carboxylic acid groups (broad SMARTS) is 2. The summed E-state index contributed by atoms with van der Waals surface area (Å²) in [6.07, 6.45) is 2.16. The molecule has 1 aromatic heterocycles. The van der Waals surface area contributed by atoms with Gasteiger partial charge in [0.15, 0.2) is 0 Å². The van der Waals surface area contributed by atoms with Crippen LogP contribution >= 0.6 is 0 Å². The summed E-state index contributed by atoms with van der Waals surface area (Å²) in [5.74, 6) is -2.15. The molecule has 1 aromatic carbocycles. The molecule has 0 saturated heterocycles. The lowest BCUT2D eigenvalue weighted by molar-refractivity contribution is -0.140. The number of aromatic nitrogens is 1. The van der Waals surface area contributed by atoms with Crippen molar-refractivity contribution in [2.75, 3.05) is 6.61 Å². The Morgan fingerprint density at radius 1 is 1.09 bits per heavy atom. The van der Waals surface area contributed by atoms with Gasteiger partial charge in [-0.25, -0.2) is 0 Å². The van der Waals surface area contributed by atoms with Gasteiger partial charge in [0.05, 0.1) is 6.61 Å². The number of aliphatic hydroxyl groups is 1. The van der Waals surface area contributed by atoms with Crippen LogP contribution in [-0.2, 0) is 16.0 Å². The summed E-state index contributed by atoms with van der Waals surface area (Å²) in [4.78, 5) is 23.4. The largest absolute Gasteiger partial charge is 0.480 e. The first kappa shape index (κ1) is 17.6. The third kappa shape index (κ3) is 4.85. The third-order valence-corrected chi connectivity index (χ3v) is 2.95. The van der Waals surface area contributed by atoms with Gasteiger partial charge in [0.1, 0.15) is 12.1 Å². The fourth-order valence-electron chi connectivity index (χ4n) is 1.70. The Kier molecular flexibility index (Phi) is 6.51. The highest BCUT2D eigenvalue weighted by atomic mass is 16.4. The second-order valence-corrected chi connectivity index (χ2v) is 4.64. The van der Waals surface area contributed by atoms with Crippen LogP contribution in [0.3, 0.4) is 0 Å². The second kappa shape index (κ2) is 8.13. The van der Waals surface area contributed by atoms with Crippen LogP contribution in [0.25, 0.3) is 10.9 Å². The van der Waals surface area contributed by atoms with Gasteiger partial charge in [-0.2, -0.15) is 0 Å². The van der Waals surface area contributed by atoms with Crippen molar-refractivity contribution in [2.45, 2.75) is 18.5 Å². The fraction of sp³-hybridized carbons (Fsp3) is 0.286. The second-order valence-electron chi connectivity index (χ2n) is 4.64. The number of aromatic amines is 1. The quantitative estimate of drug-likeness (QED) is 0.434. The molecule has 8 nitrogen and oxygen atoms in total. The smallest absolute Gasteiger partial charge is 0.322 e. The van der Waals surface area contributed by atoms with E-state index in [1.54, 1.807) is 0 Å². The maximum Gasteiger partial charge on any atom is 0.322 e. The summed E-state index contributed by atoms with van der Waals surface area (Å²) in [5, 5.41) is 25.7. The van der Waals surface area contributed by atoms with E-state index < -0.39 is 30.6 Å². The lowest BCUT2D eigenvalue weighted by Crippen LogP contribution is -2.33. The number of rotatable bonds is 5. The SMILES string of the molecule is NC(CO)C(=O)O.NC(Cc1c[nH]c2ccccc12)C(=O)O. The summed E-state index contributed by atoms with van der Waals surface area (Å²) in [5.41, 5.74) is 12.2. The van der Waals surface area contributed by atoms with Crippen molar-refractivity contribution in [2.24, 2.45) is 11.5 Å². The molecule has 0 aliphatic carbocycles. The number of H-pyrrole nitrogens is 1. The molecule has 8 N–H and O–H groups in total. The van der Waals surface area contributed by atoms with E-state index >= 15 is 0 Å². The molecule has 0 bridgehead atoms. The average molecular weight is 309 g/mol. The molecule has 2 rings (SSSR count). The van der Waals surface area contributed by atoms with Crippen molar-refractivity contribution in [3.63, 3.8) is 0 Å². The Balaban J connectivity index is 0.000000295. The molecule has 22 heavy (non-hydrogen) atoms. The number of nitrogens with one attached hydrogen (secondary N) is 1. The molecule has 2 atom stereocenters. The minimum atomic E-state index is -1.18. The van der Waals surface area contributed by atoms with E-state index in [1.165, 1.54) is 0 Å². The van der Waals surface area contributed by atoms with Gasteiger partial charge < -0.3 is 31.8 Å². The number of carbonyl (C=O) groups is 2. The number of nitrogens with two attached hydrogens (primary N) is 2. The lowest BCUT2D eigenvalue weighted by Gasteiger charge is -2.04. The molecule has 0 spiro atoms. The molecule has 1 heterocycles. The van der Waals surface area contributed by atoms with Gasteiger partial charge in [0.2, 0.25) is 0 Å². The Labute approximate surface area is 126 Å². The summed E-state index contributed by atoms with van der Waals surface area (Å²) in [6, 6.07) is 5.79. The average Bonchev–Trinajstić information content (AvgIpc) is 2.90. The Hall–Kier alpha value is -2.42. The zero-order chi connectivity index (χ0) is 16.7. The Bertz CT molecular complexity index is 640. The van der Waals surface area contributed by atoms with Crippen LogP contribution in [0, 0.1) is 0 Å². The van der Waals surface area contributed by atoms with Gasteiger partial charge in [-0.15, -0.1) is 0 Å². The third-order valence-electron chi connectivity index (χ3n) is 2.95. The highest BCUT2D eigenvalue weighted by Crippen LogP contribution is 2.18.